The number of rotatable bonds is 22. The van der Waals surface area contributed by atoms with Gasteiger partial charge in [-0.2, -0.15) is 0 Å². The van der Waals surface area contributed by atoms with Gasteiger partial charge in [-0.3, -0.25) is 9.79 Å². The van der Waals surface area contributed by atoms with E-state index in [0.29, 0.717) is 19.4 Å². The van der Waals surface area contributed by atoms with E-state index in [-0.39, 0.29) is 12.1 Å². The van der Waals surface area contributed by atoms with Gasteiger partial charge >= 0.3 is 5.97 Å². The Kier molecular flexibility index (Phi) is 27.6. The normalized spacial score (nSPS) is 12.5. The van der Waals surface area contributed by atoms with E-state index in [1.54, 1.807) is 0 Å². The Labute approximate surface area is 204 Å². The summed E-state index contributed by atoms with van der Waals surface area (Å²) in [6, 6.07) is -0.820. The largest absolute Gasteiger partial charge is 0.480 e. The van der Waals surface area contributed by atoms with Gasteiger partial charge in [-0.25, -0.2) is 0 Å². The molecule has 0 bridgehead atoms. The zero-order valence-electron chi connectivity index (χ0n) is 21.8. The highest BCUT2D eigenvalue weighted by Crippen LogP contribution is 2.14. The molecule has 0 aromatic heterocycles. The molecule has 0 aromatic rings. The molecule has 0 fully saturated rings. The van der Waals surface area contributed by atoms with Gasteiger partial charge in [0.15, 0.2) is 5.96 Å². The first kappa shape index (κ1) is 33.8. The van der Waals surface area contributed by atoms with Gasteiger partial charge in [-0.05, 0) is 25.7 Å². The number of aliphatic hydroxyl groups excluding tert-OH is 1. The van der Waals surface area contributed by atoms with Crippen molar-refractivity contribution >= 4 is 11.9 Å². The fraction of sp³-hybridized carbons (Fsp3) is 0.923. The number of aliphatic carboxylic acids is 1. The van der Waals surface area contributed by atoms with Gasteiger partial charge in [0, 0.05) is 6.54 Å². The predicted octanol–water partition coefficient (Wildman–Crippen LogP) is 5.47. The maximum atomic E-state index is 10.2. The number of nitrogens with zero attached hydrogens (tertiary/aromatic N) is 1. The van der Waals surface area contributed by atoms with Crippen LogP contribution < -0.4 is 17.2 Å². The van der Waals surface area contributed by atoms with Gasteiger partial charge in [-0.1, -0.05) is 110 Å². The Bertz CT molecular complexity index is 443. The quantitative estimate of drug-likeness (QED) is 0.0801. The molecule has 0 radical (unpaired) electrons. The summed E-state index contributed by atoms with van der Waals surface area (Å²) in [5.74, 6) is -0.987. The highest BCUT2D eigenvalue weighted by atomic mass is 16.4. The van der Waals surface area contributed by atoms with E-state index in [1.807, 2.05) is 0 Å². The summed E-state index contributed by atoms with van der Waals surface area (Å²) in [6.45, 7) is 4.95. The number of aliphatic hydroxyl groups is 1. The molecule has 8 N–H and O–H groups in total. The van der Waals surface area contributed by atoms with E-state index >= 15 is 0 Å². The van der Waals surface area contributed by atoms with Gasteiger partial charge in [0.25, 0.3) is 0 Å². The van der Waals surface area contributed by atoms with Gasteiger partial charge in [-0.15, -0.1) is 0 Å². The fourth-order valence-electron chi connectivity index (χ4n) is 3.64. The van der Waals surface area contributed by atoms with Gasteiger partial charge in [0.05, 0.1) is 6.10 Å². The van der Waals surface area contributed by atoms with Gasteiger partial charge < -0.3 is 27.4 Å². The number of carboxylic acids is 1. The molecule has 0 heterocycles. The van der Waals surface area contributed by atoms with Crippen LogP contribution in [0.3, 0.4) is 0 Å². The van der Waals surface area contributed by atoms with Crippen molar-refractivity contribution in [3.8, 4) is 0 Å². The van der Waals surface area contributed by atoms with Crippen molar-refractivity contribution in [3.05, 3.63) is 0 Å². The number of nitrogens with two attached hydrogens (primary N) is 3. The summed E-state index contributed by atoms with van der Waals surface area (Å²) in [5.41, 5.74) is 15.3. The Hall–Kier alpha value is -1.34. The Morgan fingerprint density at radius 1 is 0.697 bits per heavy atom. The maximum Gasteiger partial charge on any atom is 0.320 e. The number of carbonyl (C=O) groups is 1. The first-order chi connectivity index (χ1) is 15.8. The third-order valence-corrected chi connectivity index (χ3v) is 5.82. The van der Waals surface area contributed by atoms with Crippen LogP contribution in [-0.2, 0) is 4.79 Å². The summed E-state index contributed by atoms with van der Waals surface area (Å²) in [5, 5.41) is 18.3. The minimum atomic E-state index is -1.00. The molecule has 0 aromatic carbocycles. The van der Waals surface area contributed by atoms with E-state index in [9.17, 15) is 9.90 Å². The van der Waals surface area contributed by atoms with Crippen molar-refractivity contribution < 1.29 is 15.0 Å². The molecule has 33 heavy (non-hydrogen) atoms. The SMILES string of the molecule is CCCCCCCCCCCC(O)CCCCCCCC.NC(N)=NCCC[C@H](N)C(=O)O. The second-order valence-electron chi connectivity index (χ2n) is 9.22. The molecule has 0 aliphatic carbocycles. The summed E-state index contributed by atoms with van der Waals surface area (Å²) in [4.78, 5) is 13.9. The van der Waals surface area contributed by atoms with Crippen LogP contribution in [0.2, 0.25) is 0 Å². The Morgan fingerprint density at radius 3 is 1.45 bits per heavy atom. The van der Waals surface area contributed by atoms with Crippen molar-refractivity contribution in [2.75, 3.05) is 6.54 Å². The van der Waals surface area contributed by atoms with E-state index in [1.165, 1.54) is 96.3 Å². The molecule has 0 aliphatic heterocycles. The predicted molar refractivity (Wildman–Crippen MR) is 141 cm³/mol. The van der Waals surface area contributed by atoms with Crippen molar-refractivity contribution in [3.63, 3.8) is 0 Å². The molecule has 0 rings (SSSR count). The summed E-state index contributed by atoms with van der Waals surface area (Å²) in [6.07, 6.45) is 23.3. The van der Waals surface area contributed by atoms with Crippen LogP contribution in [0.1, 0.15) is 136 Å². The zero-order valence-corrected chi connectivity index (χ0v) is 21.8. The topological polar surface area (TPSA) is 148 Å². The molecular weight excluding hydrogens is 416 g/mol. The van der Waals surface area contributed by atoms with Crippen molar-refractivity contribution in [2.24, 2.45) is 22.2 Å². The lowest BCUT2D eigenvalue weighted by Crippen LogP contribution is -2.30. The number of hydrogen-bond acceptors (Lipinski definition) is 4. The van der Waals surface area contributed by atoms with Crippen LogP contribution in [0.4, 0.5) is 0 Å². The highest BCUT2D eigenvalue weighted by molar-refractivity contribution is 5.75. The van der Waals surface area contributed by atoms with Gasteiger partial charge in [0.1, 0.15) is 6.04 Å². The highest BCUT2D eigenvalue weighted by Gasteiger charge is 2.09. The Morgan fingerprint density at radius 2 is 1.09 bits per heavy atom. The van der Waals surface area contributed by atoms with E-state index in [0.717, 1.165) is 12.8 Å². The number of guanidine groups is 1. The molecule has 7 nitrogen and oxygen atoms in total. The second kappa shape index (κ2) is 26.9. The second-order valence-corrected chi connectivity index (χ2v) is 9.22. The molecular formula is C26H56N4O3. The van der Waals surface area contributed by atoms with E-state index in [2.05, 4.69) is 18.8 Å². The number of unbranched alkanes of at least 4 members (excludes halogenated alkanes) is 13. The number of carboxylic acid groups (broad SMARTS) is 1. The smallest absolute Gasteiger partial charge is 0.320 e. The van der Waals surface area contributed by atoms with Crippen molar-refractivity contribution in [1.82, 2.24) is 0 Å². The van der Waals surface area contributed by atoms with Crippen LogP contribution >= 0.6 is 0 Å². The van der Waals surface area contributed by atoms with Crippen LogP contribution in [0.5, 0.6) is 0 Å². The van der Waals surface area contributed by atoms with E-state index in [4.69, 9.17) is 22.3 Å². The fourth-order valence-corrected chi connectivity index (χ4v) is 3.64. The molecule has 2 atom stereocenters. The minimum Gasteiger partial charge on any atom is -0.480 e. The van der Waals surface area contributed by atoms with E-state index < -0.39 is 12.0 Å². The van der Waals surface area contributed by atoms with Crippen LogP contribution in [-0.4, -0.2) is 40.8 Å². The summed E-state index contributed by atoms with van der Waals surface area (Å²) < 4.78 is 0. The van der Waals surface area contributed by atoms with Gasteiger partial charge in [0.2, 0.25) is 0 Å². The molecule has 1 unspecified atom stereocenters. The standard InChI is InChI=1S/C20H42O.C6H14N4O2/c1-3-5-7-9-11-12-13-15-17-19-20(21)18-16-14-10-8-6-4-2;7-4(5(11)12)2-1-3-10-6(8)9/h20-21H,3-19H2,1-2H3;4H,1-3,7H2,(H,11,12)(H4,8,9,10)/t;4-/m.0/s1. The molecule has 0 saturated heterocycles. The molecule has 0 amide bonds. The maximum absolute atomic E-state index is 10.2. The molecule has 7 heteroatoms. The average Bonchev–Trinajstić information content (AvgIpc) is 2.78. The zero-order chi connectivity index (χ0) is 25.2. The molecule has 0 spiro atoms. The summed E-state index contributed by atoms with van der Waals surface area (Å²) in [7, 11) is 0. The van der Waals surface area contributed by atoms with Crippen molar-refractivity contribution in [2.45, 2.75) is 148 Å². The van der Waals surface area contributed by atoms with Crippen LogP contribution in [0, 0.1) is 0 Å². The van der Waals surface area contributed by atoms with Crippen molar-refractivity contribution in [1.29, 1.82) is 0 Å². The number of hydrogen-bond donors (Lipinski definition) is 5. The van der Waals surface area contributed by atoms with Crippen LogP contribution in [0.15, 0.2) is 4.99 Å². The summed E-state index contributed by atoms with van der Waals surface area (Å²) >= 11 is 0. The lowest BCUT2D eigenvalue weighted by molar-refractivity contribution is -0.138. The molecule has 198 valence electrons. The first-order valence-electron chi connectivity index (χ1n) is 13.6. The minimum absolute atomic E-state index is 0.0129. The third-order valence-electron chi connectivity index (χ3n) is 5.82. The van der Waals surface area contributed by atoms with Crippen LogP contribution in [0.25, 0.3) is 0 Å². The monoisotopic (exact) mass is 472 g/mol. The number of aliphatic imine (C=N–C) groups is 1. The lowest BCUT2D eigenvalue weighted by atomic mass is 10.0. The lowest BCUT2D eigenvalue weighted by Gasteiger charge is -2.10. The Balaban J connectivity index is 0. The molecule has 0 aliphatic rings. The molecule has 0 saturated carbocycles. The average molecular weight is 473 g/mol. The third kappa shape index (κ3) is 30.7. The first-order valence-corrected chi connectivity index (χ1v) is 13.6.